The van der Waals surface area contributed by atoms with E-state index in [9.17, 15) is 19.7 Å². The minimum absolute atomic E-state index is 0.0338. The van der Waals surface area contributed by atoms with Gasteiger partial charge in [0.25, 0.3) is 5.69 Å². The number of benzene rings is 1. The number of hydrogen-bond acceptors (Lipinski definition) is 5. The molecule has 0 bridgehead atoms. The van der Waals surface area contributed by atoms with Crippen molar-refractivity contribution in [3.05, 3.63) is 39.9 Å². The Labute approximate surface area is 109 Å². The normalized spacial score (nSPS) is 11.5. The van der Waals surface area contributed by atoms with E-state index in [1.165, 1.54) is 38.3 Å². The molecule has 19 heavy (non-hydrogen) atoms. The summed E-state index contributed by atoms with van der Waals surface area (Å²) in [5, 5.41) is 13.1. The number of methoxy groups -OCH3 is 1. The van der Waals surface area contributed by atoms with Crippen LogP contribution in [0.3, 0.4) is 0 Å². The molecule has 1 atom stereocenters. The Morgan fingerprint density at radius 3 is 2.37 bits per heavy atom. The summed E-state index contributed by atoms with van der Waals surface area (Å²) in [5.74, 6) is -0.774. The highest BCUT2D eigenvalue weighted by molar-refractivity contribution is 5.76. The van der Waals surface area contributed by atoms with Crippen LogP contribution in [0.2, 0.25) is 0 Å². The van der Waals surface area contributed by atoms with Gasteiger partial charge in [-0.1, -0.05) is 12.1 Å². The molecule has 0 aliphatic heterocycles. The van der Waals surface area contributed by atoms with Crippen LogP contribution in [0.25, 0.3) is 0 Å². The van der Waals surface area contributed by atoms with Crippen molar-refractivity contribution in [3.8, 4) is 0 Å². The molecule has 0 heterocycles. The van der Waals surface area contributed by atoms with E-state index in [1.807, 2.05) is 0 Å². The van der Waals surface area contributed by atoms with Crippen molar-refractivity contribution in [1.82, 2.24) is 5.32 Å². The topological polar surface area (TPSA) is 98.5 Å². The highest BCUT2D eigenvalue weighted by Gasteiger charge is 2.18. The highest BCUT2D eigenvalue weighted by atomic mass is 16.6. The molecule has 0 saturated carbocycles. The number of nitrogens with zero attached hydrogens (tertiary/aromatic N) is 1. The number of non-ortho nitro benzene ring substituents is 1. The quantitative estimate of drug-likeness (QED) is 0.492. The van der Waals surface area contributed by atoms with Gasteiger partial charge in [-0.05, 0) is 5.56 Å². The molecule has 1 rings (SSSR count). The van der Waals surface area contributed by atoms with Crippen LogP contribution in [0.5, 0.6) is 0 Å². The maximum absolute atomic E-state index is 11.3. The summed E-state index contributed by atoms with van der Waals surface area (Å²) in [4.78, 5) is 32.4. The van der Waals surface area contributed by atoms with Gasteiger partial charge in [-0.15, -0.1) is 0 Å². The van der Waals surface area contributed by atoms with Crippen molar-refractivity contribution in [1.29, 1.82) is 0 Å². The van der Waals surface area contributed by atoms with Crippen molar-refractivity contribution in [2.45, 2.75) is 19.4 Å². The van der Waals surface area contributed by atoms with E-state index in [1.54, 1.807) is 0 Å². The first kappa shape index (κ1) is 14.6. The lowest BCUT2D eigenvalue weighted by molar-refractivity contribution is -0.384. The zero-order valence-electron chi connectivity index (χ0n) is 10.6. The number of nitro benzene ring substituents is 1. The highest BCUT2D eigenvalue weighted by Crippen LogP contribution is 2.20. The molecule has 102 valence electrons. The van der Waals surface area contributed by atoms with Crippen molar-refractivity contribution >= 4 is 17.6 Å². The molecule has 7 heteroatoms. The summed E-state index contributed by atoms with van der Waals surface area (Å²) in [5.41, 5.74) is 0.551. The first-order valence-corrected chi connectivity index (χ1v) is 5.52. The maximum Gasteiger partial charge on any atom is 0.307 e. The molecule has 1 N–H and O–H groups in total. The van der Waals surface area contributed by atoms with Crippen molar-refractivity contribution in [3.63, 3.8) is 0 Å². The minimum Gasteiger partial charge on any atom is -0.469 e. The van der Waals surface area contributed by atoms with E-state index in [0.717, 1.165) is 0 Å². The Bertz CT molecular complexity index is 483. The Morgan fingerprint density at radius 1 is 1.37 bits per heavy atom. The zero-order chi connectivity index (χ0) is 14.4. The molecule has 0 spiro atoms. The fourth-order valence-corrected chi connectivity index (χ4v) is 1.58. The minimum atomic E-state index is -0.564. The van der Waals surface area contributed by atoms with E-state index >= 15 is 0 Å². The van der Waals surface area contributed by atoms with Crippen LogP contribution < -0.4 is 5.32 Å². The monoisotopic (exact) mass is 266 g/mol. The van der Waals surface area contributed by atoms with Gasteiger partial charge >= 0.3 is 5.97 Å². The lowest BCUT2D eigenvalue weighted by atomic mass is 10.0. The van der Waals surface area contributed by atoms with Crippen molar-refractivity contribution in [2.75, 3.05) is 7.11 Å². The largest absolute Gasteiger partial charge is 0.469 e. The van der Waals surface area contributed by atoms with Crippen LogP contribution in [-0.2, 0) is 14.3 Å². The molecule has 0 saturated heterocycles. The van der Waals surface area contributed by atoms with E-state index in [4.69, 9.17) is 0 Å². The van der Waals surface area contributed by atoms with E-state index < -0.39 is 16.9 Å². The molecule has 1 unspecified atom stereocenters. The first-order chi connectivity index (χ1) is 8.93. The molecule has 0 radical (unpaired) electrons. The fourth-order valence-electron chi connectivity index (χ4n) is 1.58. The van der Waals surface area contributed by atoms with Gasteiger partial charge in [0.05, 0.1) is 24.5 Å². The van der Waals surface area contributed by atoms with E-state index in [0.29, 0.717) is 5.56 Å². The van der Waals surface area contributed by atoms with Crippen LogP contribution in [-0.4, -0.2) is 23.9 Å². The first-order valence-electron chi connectivity index (χ1n) is 5.52. The number of nitro groups is 1. The number of rotatable bonds is 5. The third kappa shape index (κ3) is 4.38. The predicted octanol–water partition coefficient (Wildman–Crippen LogP) is 1.34. The molecule has 1 aromatic carbocycles. The van der Waals surface area contributed by atoms with E-state index in [-0.39, 0.29) is 18.0 Å². The van der Waals surface area contributed by atoms with Crippen molar-refractivity contribution in [2.24, 2.45) is 0 Å². The van der Waals surface area contributed by atoms with Gasteiger partial charge in [0.1, 0.15) is 0 Å². The van der Waals surface area contributed by atoms with E-state index in [2.05, 4.69) is 10.1 Å². The summed E-state index contributed by atoms with van der Waals surface area (Å²) in [6.45, 7) is 1.33. The maximum atomic E-state index is 11.3. The Morgan fingerprint density at radius 2 is 1.95 bits per heavy atom. The Kier molecular flexibility index (Phi) is 4.99. The van der Waals surface area contributed by atoms with Gasteiger partial charge in [-0.3, -0.25) is 19.7 Å². The summed E-state index contributed by atoms with van der Waals surface area (Å²) in [6.07, 6.45) is -0.0338. The number of carbonyl (C=O) groups is 2. The smallest absolute Gasteiger partial charge is 0.307 e. The lowest BCUT2D eigenvalue weighted by Crippen LogP contribution is -2.28. The Hall–Kier alpha value is -2.44. The summed E-state index contributed by atoms with van der Waals surface area (Å²) >= 11 is 0. The molecule has 1 amide bonds. The van der Waals surface area contributed by atoms with Crippen LogP contribution in [0.1, 0.15) is 24.9 Å². The van der Waals surface area contributed by atoms with Crippen LogP contribution in [0.15, 0.2) is 24.3 Å². The number of ether oxygens (including phenoxy) is 1. The van der Waals surface area contributed by atoms with Crippen LogP contribution in [0, 0.1) is 10.1 Å². The van der Waals surface area contributed by atoms with Crippen molar-refractivity contribution < 1.29 is 19.2 Å². The number of carbonyl (C=O) groups excluding carboxylic acids is 2. The fraction of sp³-hybridized carbons (Fsp3) is 0.333. The molecule has 0 aromatic heterocycles. The SMILES string of the molecule is COC(=O)CC(NC(C)=O)c1ccc([N+](=O)[O-])cc1. The van der Waals surface area contributed by atoms with Gasteiger partial charge in [0, 0.05) is 19.1 Å². The number of amides is 1. The second-order valence-electron chi connectivity index (χ2n) is 3.88. The third-order valence-corrected chi connectivity index (χ3v) is 2.48. The van der Waals surface area contributed by atoms with Gasteiger partial charge in [-0.25, -0.2) is 0 Å². The average Bonchev–Trinajstić information content (AvgIpc) is 2.37. The van der Waals surface area contributed by atoms with Gasteiger partial charge < -0.3 is 10.1 Å². The molecule has 0 fully saturated rings. The molecule has 7 nitrogen and oxygen atoms in total. The van der Waals surface area contributed by atoms with Crippen LogP contribution >= 0.6 is 0 Å². The average molecular weight is 266 g/mol. The van der Waals surface area contributed by atoms with Gasteiger partial charge in [0.2, 0.25) is 5.91 Å². The predicted molar refractivity (Wildman–Crippen MR) is 66.3 cm³/mol. The standard InChI is InChI=1S/C12H14N2O5/c1-8(15)13-11(7-12(16)19-2)9-3-5-10(6-4-9)14(17)18/h3-6,11H,7H2,1-2H3,(H,13,15). The summed E-state index contributed by atoms with van der Waals surface area (Å²) in [7, 11) is 1.25. The summed E-state index contributed by atoms with van der Waals surface area (Å²) in [6, 6.07) is 5.08. The molecule has 0 aliphatic carbocycles. The molecular formula is C12H14N2O5. The molecule has 1 aromatic rings. The van der Waals surface area contributed by atoms with Gasteiger partial charge in [0.15, 0.2) is 0 Å². The number of nitrogens with one attached hydrogen (secondary N) is 1. The second kappa shape index (κ2) is 6.48. The van der Waals surface area contributed by atoms with Gasteiger partial charge in [-0.2, -0.15) is 0 Å². The second-order valence-corrected chi connectivity index (χ2v) is 3.88. The zero-order valence-corrected chi connectivity index (χ0v) is 10.6. The number of hydrogen-bond donors (Lipinski definition) is 1. The Balaban J connectivity index is 2.92. The van der Waals surface area contributed by atoms with Crippen LogP contribution in [0.4, 0.5) is 5.69 Å². The summed E-state index contributed by atoms with van der Waals surface area (Å²) < 4.78 is 4.55. The third-order valence-electron chi connectivity index (χ3n) is 2.48. The lowest BCUT2D eigenvalue weighted by Gasteiger charge is -2.16. The molecular weight excluding hydrogens is 252 g/mol. The molecule has 0 aliphatic rings. The number of esters is 1.